The normalized spacial score (nSPS) is 19.1. The third-order valence-electron chi connectivity index (χ3n) is 5.26. The number of nitrogens with one attached hydrogen (secondary N) is 1. The molecular formula is C24H26ClNO. The van der Waals surface area contributed by atoms with Gasteiger partial charge in [0.15, 0.2) is 0 Å². The minimum atomic E-state index is 0. The first kappa shape index (κ1) is 19.5. The van der Waals surface area contributed by atoms with E-state index < -0.39 is 0 Å². The van der Waals surface area contributed by atoms with Crippen LogP contribution in [0.3, 0.4) is 0 Å². The van der Waals surface area contributed by atoms with Crippen molar-refractivity contribution in [3.8, 4) is 16.9 Å². The van der Waals surface area contributed by atoms with Gasteiger partial charge in [0.2, 0.25) is 0 Å². The van der Waals surface area contributed by atoms with Gasteiger partial charge in [-0.25, -0.2) is 0 Å². The molecule has 1 saturated heterocycles. The second kappa shape index (κ2) is 9.59. The number of piperidine rings is 1. The molecule has 27 heavy (non-hydrogen) atoms. The molecule has 1 fully saturated rings. The van der Waals surface area contributed by atoms with Crippen LogP contribution < -0.4 is 10.1 Å². The Kier molecular flexibility index (Phi) is 6.92. The lowest BCUT2D eigenvalue weighted by molar-refractivity contribution is 0.197. The molecule has 2 nitrogen and oxygen atoms in total. The van der Waals surface area contributed by atoms with Crippen molar-refractivity contribution in [3.05, 3.63) is 90.5 Å². The Labute approximate surface area is 168 Å². The summed E-state index contributed by atoms with van der Waals surface area (Å²) in [4.78, 5) is 0. The summed E-state index contributed by atoms with van der Waals surface area (Å²) >= 11 is 0. The lowest BCUT2D eigenvalue weighted by Crippen LogP contribution is -2.38. The molecule has 1 N–H and O–H groups in total. The van der Waals surface area contributed by atoms with Crippen molar-refractivity contribution in [3.63, 3.8) is 0 Å². The maximum Gasteiger partial charge on any atom is 0.127 e. The SMILES string of the molecule is Cl.c1ccc(-c2ccccc2OC[C@@H]2CNCC[C@@H]2c2ccccc2)cc1. The number of hydrogen-bond donors (Lipinski definition) is 1. The van der Waals surface area contributed by atoms with Gasteiger partial charge in [-0.3, -0.25) is 0 Å². The fraction of sp³-hybridized carbons (Fsp3) is 0.250. The van der Waals surface area contributed by atoms with Crippen molar-refractivity contribution in [2.24, 2.45) is 5.92 Å². The Morgan fingerprint density at radius 1 is 0.815 bits per heavy atom. The van der Waals surface area contributed by atoms with Crippen molar-refractivity contribution in [2.75, 3.05) is 19.7 Å². The number of para-hydroxylation sites is 1. The predicted octanol–water partition coefficient (Wildman–Crippen LogP) is 5.55. The average molecular weight is 380 g/mol. The second-order valence-electron chi connectivity index (χ2n) is 6.94. The molecule has 1 heterocycles. The van der Waals surface area contributed by atoms with Gasteiger partial charge in [0.1, 0.15) is 5.75 Å². The molecule has 0 bridgehead atoms. The topological polar surface area (TPSA) is 21.3 Å². The molecule has 0 aromatic heterocycles. The van der Waals surface area contributed by atoms with E-state index in [0.29, 0.717) is 11.8 Å². The van der Waals surface area contributed by atoms with E-state index in [-0.39, 0.29) is 12.4 Å². The van der Waals surface area contributed by atoms with Gasteiger partial charge in [0, 0.05) is 18.0 Å². The van der Waals surface area contributed by atoms with Gasteiger partial charge in [0.25, 0.3) is 0 Å². The molecule has 0 amide bonds. The smallest absolute Gasteiger partial charge is 0.127 e. The van der Waals surface area contributed by atoms with Crippen LogP contribution in [0.15, 0.2) is 84.9 Å². The first-order valence-electron chi connectivity index (χ1n) is 9.45. The van der Waals surface area contributed by atoms with E-state index in [4.69, 9.17) is 4.74 Å². The predicted molar refractivity (Wildman–Crippen MR) is 115 cm³/mol. The van der Waals surface area contributed by atoms with Gasteiger partial charge in [-0.05, 0) is 36.1 Å². The number of hydrogen-bond acceptors (Lipinski definition) is 2. The van der Waals surface area contributed by atoms with Gasteiger partial charge in [-0.15, -0.1) is 12.4 Å². The maximum absolute atomic E-state index is 6.34. The second-order valence-corrected chi connectivity index (χ2v) is 6.94. The molecule has 3 heteroatoms. The molecular weight excluding hydrogens is 354 g/mol. The lowest BCUT2D eigenvalue weighted by atomic mass is 9.81. The highest BCUT2D eigenvalue weighted by molar-refractivity contribution is 5.85. The third-order valence-corrected chi connectivity index (χ3v) is 5.26. The van der Waals surface area contributed by atoms with Crippen LogP contribution >= 0.6 is 12.4 Å². The molecule has 4 rings (SSSR count). The van der Waals surface area contributed by atoms with Crippen molar-refractivity contribution >= 4 is 12.4 Å². The van der Waals surface area contributed by atoms with Gasteiger partial charge in [0.05, 0.1) is 6.61 Å². The molecule has 140 valence electrons. The minimum absolute atomic E-state index is 0. The van der Waals surface area contributed by atoms with Crippen LogP contribution in [-0.4, -0.2) is 19.7 Å². The van der Waals surface area contributed by atoms with E-state index >= 15 is 0 Å². The summed E-state index contributed by atoms with van der Waals surface area (Å²) < 4.78 is 6.34. The molecule has 2 atom stereocenters. The summed E-state index contributed by atoms with van der Waals surface area (Å²) in [6.07, 6.45) is 1.17. The van der Waals surface area contributed by atoms with Crippen LogP contribution in [0.1, 0.15) is 17.9 Å². The van der Waals surface area contributed by atoms with Crippen LogP contribution in [0, 0.1) is 5.92 Å². The molecule has 3 aromatic carbocycles. The number of ether oxygens (including phenoxy) is 1. The highest BCUT2D eigenvalue weighted by Crippen LogP contribution is 2.33. The first-order chi connectivity index (χ1) is 12.9. The fourth-order valence-corrected chi connectivity index (χ4v) is 3.88. The molecule has 0 radical (unpaired) electrons. The van der Waals surface area contributed by atoms with E-state index in [0.717, 1.165) is 31.0 Å². The van der Waals surface area contributed by atoms with Crippen molar-refractivity contribution in [2.45, 2.75) is 12.3 Å². The number of benzene rings is 3. The molecule has 1 aliphatic heterocycles. The molecule has 0 unspecified atom stereocenters. The standard InChI is InChI=1S/C24H25NO.ClH/c1-3-9-19(10-4-1)22-15-16-25-17-21(22)18-26-24-14-8-7-13-23(24)20-11-5-2-6-12-20;/h1-14,21-22,25H,15-18H2;1H/t21-,22+;/m0./s1. The summed E-state index contributed by atoms with van der Waals surface area (Å²) in [6, 6.07) is 29.7. The van der Waals surface area contributed by atoms with Gasteiger partial charge in [-0.1, -0.05) is 78.9 Å². The van der Waals surface area contributed by atoms with Gasteiger partial charge < -0.3 is 10.1 Å². The number of halogens is 1. The molecule has 0 saturated carbocycles. The minimum Gasteiger partial charge on any atom is -0.493 e. The van der Waals surface area contributed by atoms with Crippen LogP contribution in [0.25, 0.3) is 11.1 Å². The van der Waals surface area contributed by atoms with Gasteiger partial charge in [-0.2, -0.15) is 0 Å². The highest BCUT2D eigenvalue weighted by atomic mass is 35.5. The lowest BCUT2D eigenvalue weighted by Gasteiger charge is -2.32. The average Bonchev–Trinajstić information content (AvgIpc) is 2.74. The van der Waals surface area contributed by atoms with Crippen LogP contribution in [0.2, 0.25) is 0 Å². The Hall–Kier alpha value is -2.29. The van der Waals surface area contributed by atoms with Crippen molar-refractivity contribution < 1.29 is 4.74 Å². The summed E-state index contributed by atoms with van der Waals surface area (Å²) in [5.41, 5.74) is 3.79. The zero-order chi connectivity index (χ0) is 17.6. The molecule has 1 aliphatic rings. The van der Waals surface area contributed by atoms with Crippen LogP contribution in [0.4, 0.5) is 0 Å². The Bertz CT molecular complexity index is 822. The van der Waals surface area contributed by atoms with Crippen molar-refractivity contribution in [1.29, 1.82) is 0 Å². The van der Waals surface area contributed by atoms with E-state index in [1.165, 1.54) is 17.5 Å². The van der Waals surface area contributed by atoms with Crippen molar-refractivity contribution in [1.82, 2.24) is 5.32 Å². The van der Waals surface area contributed by atoms with Crippen LogP contribution in [-0.2, 0) is 0 Å². The van der Waals surface area contributed by atoms with E-state index in [2.05, 4.69) is 84.2 Å². The first-order valence-corrected chi connectivity index (χ1v) is 9.45. The zero-order valence-corrected chi connectivity index (χ0v) is 16.2. The summed E-state index contributed by atoms with van der Waals surface area (Å²) in [6.45, 7) is 2.82. The quantitative estimate of drug-likeness (QED) is 0.627. The fourth-order valence-electron chi connectivity index (χ4n) is 3.88. The Morgan fingerprint density at radius 2 is 1.48 bits per heavy atom. The molecule has 0 aliphatic carbocycles. The summed E-state index contributed by atoms with van der Waals surface area (Å²) in [5.74, 6) is 2.01. The van der Waals surface area contributed by atoms with Gasteiger partial charge >= 0.3 is 0 Å². The van der Waals surface area contributed by atoms with E-state index in [1.54, 1.807) is 0 Å². The maximum atomic E-state index is 6.34. The largest absolute Gasteiger partial charge is 0.493 e. The van der Waals surface area contributed by atoms with Crippen LogP contribution in [0.5, 0.6) is 5.75 Å². The highest BCUT2D eigenvalue weighted by Gasteiger charge is 2.27. The monoisotopic (exact) mass is 379 g/mol. The van der Waals surface area contributed by atoms with E-state index in [1.807, 2.05) is 6.07 Å². The summed E-state index contributed by atoms with van der Waals surface area (Å²) in [5, 5.41) is 3.54. The Balaban J connectivity index is 0.00000210. The molecule has 0 spiro atoms. The number of rotatable bonds is 5. The zero-order valence-electron chi connectivity index (χ0n) is 15.4. The molecule has 3 aromatic rings. The van der Waals surface area contributed by atoms with E-state index in [9.17, 15) is 0 Å². The third kappa shape index (κ3) is 4.71. The Morgan fingerprint density at radius 3 is 2.26 bits per heavy atom. The summed E-state index contributed by atoms with van der Waals surface area (Å²) in [7, 11) is 0.